The molecule has 0 spiro atoms. The second-order valence-corrected chi connectivity index (χ2v) is 6.72. The molecule has 0 heterocycles. The molecule has 1 amide bonds. The largest absolute Gasteiger partial charge is 0.385 e. The number of nitrogens with one attached hydrogen (secondary N) is 2. The third-order valence-corrected chi connectivity index (χ3v) is 4.49. The van der Waals surface area contributed by atoms with Crippen molar-refractivity contribution in [3.05, 3.63) is 29.3 Å². The highest BCUT2D eigenvalue weighted by Crippen LogP contribution is 2.20. The van der Waals surface area contributed by atoms with E-state index in [4.69, 9.17) is 28.6 Å². The summed E-state index contributed by atoms with van der Waals surface area (Å²) in [6.45, 7) is 1.38. The van der Waals surface area contributed by atoms with Crippen LogP contribution < -0.4 is 10.7 Å². The Morgan fingerprint density at radius 1 is 1.39 bits per heavy atom. The Morgan fingerprint density at radius 3 is 2.74 bits per heavy atom. The maximum Gasteiger partial charge on any atom is 0.239 e. The van der Waals surface area contributed by atoms with Gasteiger partial charge >= 0.3 is 0 Å². The fraction of sp³-hybridized carbons (Fsp3) is 0.467. The summed E-state index contributed by atoms with van der Waals surface area (Å²) in [7, 11) is 3.38. The lowest BCUT2D eigenvalue weighted by Gasteiger charge is -2.21. The number of carbonyl (C=O) groups excluding carboxylic acids is 1. The summed E-state index contributed by atoms with van der Waals surface area (Å²) in [5.74, 6) is 0.616. The predicted molar refractivity (Wildman–Crippen MR) is 99.8 cm³/mol. The van der Waals surface area contributed by atoms with Crippen LogP contribution in [0.1, 0.15) is 12.8 Å². The van der Waals surface area contributed by atoms with E-state index in [-0.39, 0.29) is 5.91 Å². The summed E-state index contributed by atoms with van der Waals surface area (Å²) < 4.78 is 4.96. The predicted octanol–water partition coefficient (Wildman–Crippen LogP) is 2.70. The molecule has 0 aromatic heterocycles. The minimum absolute atomic E-state index is 0.0741. The third-order valence-electron chi connectivity index (χ3n) is 2.81. The summed E-state index contributed by atoms with van der Waals surface area (Å²) >= 11 is 12.6. The molecule has 0 saturated heterocycles. The highest BCUT2D eigenvalue weighted by atomic mass is 35.5. The number of halogens is 1. The molecule has 128 valence electrons. The third kappa shape index (κ3) is 9.00. The van der Waals surface area contributed by atoms with Crippen LogP contribution in [0.15, 0.2) is 29.2 Å². The second kappa shape index (κ2) is 11.5. The van der Waals surface area contributed by atoms with Crippen LogP contribution in [0.2, 0.25) is 5.02 Å². The van der Waals surface area contributed by atoms with Gasteiger partial charge in [0.25, 0.3) is 0 Å². The average Bonchev–Trinajstić information content (AvgIpc) is 2.53. The highest BCUT2D eigenvalue weighted by Gasteiger charge is 2.08. The van der Waals surface area contributed by atoms with Gasteiger partial charge in [0.2, 0.25) is 5.91 Å². The molecular formula is C15H22ClN3O2S2. The van der Waals surface area contributed by atoms with Crippen LogP contribution in [0.5, 0.6) is 0 Å². The molecule has 0 aliphatic heterocycles. The van der Waals surface area contributed by atoms with E-state index < -0.39 is 0 Å². The van der Waals surface area contributed by atoms with E-state index in [2.05, 4.69) is 10.7 Å². The Kier molecular flexibility index (Phi) is 10.0. The van der Waals surface area contributed by atoms with Crippen LogP contribution in [0, 0.1) is 0 Å². The summed E-state index contributed by atoms with van der Waals surface area (Å²) in [6, 6.07) is 7.56. The molecule has 0 radical (unpaired) electrons. The number of hydrogen-bond donors (Lipinski definition) is 2. The quantitative estimate of drug-likeness (QED) is 0.315. The van der Waals surface area contributed by atoms with Crippen molar-refractivity contribution in [2.75, 3.05) is 33.1 Å². The molecule has 0 aliphatic rings. The Bertz CT molecular complexity index is 500. The number of hydrazine groups is 1. The van der Waals surface area contributed by atoms with Gasteiger partial charge in [-0.15, -0.1) is 11.8 Å². The van der Waals surface area contributed by atoms with Crippen molar-refractivity contribution in [1.82, 2.24) is 15.8 Å². The van der Waals surface area contributed by atoms with E-state index in [0.29, 0.717) is 35.5 Å². The number of hydrogen-bond acceptors (Lipinski definition) is 4. The van der Waals surface area contributed by atoms with Gasteiger partial charge in [-0.2, -0.15) is 0 Å². The molecule has 8 heteroatoms. The second-order valence-electron chi connectivity index (χ2n) is 4.72. The van der Waals surface area contributed by atoms with Gasteiger partial charge < -0.3 is 10.1 Å². The number of carbonyl (C=O) groups is 1. The van der Waals surface area contributed by atoms with Crippen molar-refractivity contribution < 1.29 is 9.53 Å². The lowest BCUT2D eigenvalue weighted by atomic mass is 10.4. The number of ether oxygens (including phenoxy) is 1. The van der Waals surface area contributed by atoms with E-state index in [1.54, 1.807) is 25.9 Å². The number of rotatable bonds is 8. The Hall–Kier alpha value is -1.02. The van der Waals surface area contributed by atoms with E-state index in [9.17, 15) is 4.79 Å². The fourth-order valence-electron chi connectivity index (χ4n) is 1.62. The van der Waals surface area contributed by atoms with Crippen molar-refractivity contribution >= 4 is 46.6 Å². The monoisotopic (exact) mass is 375 g/mol. The summed E-state index contributed by atoms with van der Waals surface area (Å²) in [5, 5.41) is 5.77. The smallest absolute Gasteiger partial charge is 0.239 e. The first kappa shape index (κ1) is 20.0. The molecule has 2 N–H and O–H groups in total. The van der Waals surface area contributed by atoms with Crippen molar-refractivity contribution in [2.24, 2.45) is 0 Å². The van der Waals surface area contributed by atoms with Gasteiger partial charge in [-0.3, -0.25) is 15.2 Å². The molecule has 0 unspecified atom stereocenters. The van der Waals surface area contributed by atoms with Gasteiger partial charge in [0.05, 0.1) is 0 Å². The molecule has 0 aliphatic carbocycles. The average molecular weight is 376 g/mol. The Morgan fingerprint density at radius 2 is 2.09 bits per heavy atom. The first-order chi connectivity index (χ1) is 11.0. The molecule has 0 bridgehead atoms. The fourth-order valence-corrected chi connectivity index (χ4v) is 2.74. The van der Waals surface area contributed by atoms with E-state index >= 15 is 0 Å². The van der Waals surface area contributed by atoms with Crippen molar-refractivity contribution in [3.8, 4) is 0 Å². The van der Waals surface area contributed by atoms with E-state index in [1.807, 2.05) is 24.3 Å². The maximum atomic E-state index is 11.9. The number of nitrogens with zero attached hydrogens (tertiary/aromatic N) is 1. The summed E-state index contributed by atoms with van der Waals surface area (Å²) in [5.41, 5.74) is 2.74. The number of methoxy groups -OCH3 is 1. The zero-order valence-corrected chi connectivity index (χ0v) is 15.7. The number of thiocarbonyl (C=S) groups is 1. The van der Waals surface area contributed by atoms with Crippen molar-refractivity contribution in [3.63, 3.8) is 0 Å². The molecule has 1 aromatic carbocycles. The SMILES string of the molecule is COCCCNC(=S)N(C)NC(=O)CCSc1ccc(Cl)cc1. The van der Waals surface area contributed by atoms with Crippen LogP contribution in [0.3, 0.4) is 0 Å². The molecular weight excluding hydrogens is 354 g/mol. The van der Waals surface area contributed by atoms with Gasteiger partial charge in [0.15, 0.2) is 5.11 Å². The zero-order valence-electron chi connectivity index (χ0n) is 13.3. The van der Waals surface area contributed by atoms with Gasteiger partial charge in [-0.25, -0.2) is 0 Å². The molecule has 23 heavy (non-hydrogen) atoms. The van der Waals surface area contributed by atoms with Crippen LogP contribution in [-0.4, -0.2) is 49.1 Å². The molecule has 0 atom stereocenters. The lowest BCUT2D eigenvalue weighted by molar-refractivity contribution is -0.123. The standard InChI is InChI=1S/C15H22ClN3O2S2/c1-19(15(22)17-9-3-10-21-2)18-14(20)8-11-23-13-6-4-12(16)5-7-13/h4-7H,3,8-11H2,1-2H3,(H,17,22)(H,18,20). The first-order valence-corrected chi connectivity index (χ1v) is 8.98. The Balaban J connectivity index is 2.19. The van der Waals surface area contributed by atoms with Crippen LogP contribution in [0.4, 0.5) is 0 Å². The van der Waals surface area contributed by atoms with Crippen LogP contribution in [-0.2, 0) is 9.53 Å². The van der Waals surface area contributed by atoms with Gasteiger partial charge in [-0.1, -0.05) is 11.6 Å². The molecule has 1 aromatic rings. The molecule has 0 saturated carbocycles. The van der Waals surface area contributed by atoms with Crippen LogP contribution >= 0.6 is 35.6 Å². The Labute approximate surface area is 152 Å². The lowest BCUT2D eigenvalue weighted by Crippen LogP contribution is -2.48. The van der Waals surface area contributed by atoms with Crippen molar-refractivity contribution in [2.45, 2.75) is 17.7 Å². The minimum Gasteiger partial charge on any atom is -0.385 e. The topological polar surface area (TPSA) is 53.6 Å². The molecule has 1 rings (SSSR count). The van der Waals surface area contributed by atoms with Crippen LogP contribution in [0.25, 0.3) is 0 Å². The first-order valence-electron chi connectivity index (χ1n) is 7.21. The number of thioether (sulfide) groups is 1. The minimum atomic E-state index is -0.0741. The zero-order chi connectivity index (χ0) is 17.1. The molecule has 0 fully saturated rings. The maximum absolute atomic E-state index is 11.9. The van der Waals surface area contributed by atoms with Gasteiger partial charge in [-0.05, 0) is 42.9 Å². The highest BCUT2D eigenvalue weighted by molar-refractivity contribution is 7.99. The number of benzene rings is 1. The van der Waals surface area contributed by atoms with E-state index in [0.717, 1.165) is 11.3 Å². The van der Waals surface area contributed by atoms with Crippen molar-refractivity contribution in [1.29, 1.82) is 0 Å². The molecule has 5 nitrogen and oxygen atoms in total. The summed E-state index contributed by atoms with van der Waals surface area (Å²) in [6.07, 6.45) is 1.26. The summed E-state index contributed by atoms with van der Waals surface area (Å²) in [4.78, 5) is 13.0. The van der Waals surface area contributed by atoms with Gasteiger partial charge in [0.1, 0.15) is 0 Å². The number of amides is 1. The normalized spacial score (nSPS) is 10.2. The van der Waals surface area contributed by atoms with E-state index in [1.165, 1.54) is 5.01 Å². The van der Waals surface area contributed by atoms with Gasteiger partial charge in [0, 0.05) is 49.4 Å².